The molecule has 8 heteroatoms. The van der Waals surface area contributed by atoms with Crippen molar-refractivity contribution in [1.29, 1.82) is 0 Å². The van der Waals surface area contributed by atoms with E-state index >= 15 is 0 Å². The van der Waals surface area contributed by atoms with Crippen molar-refractivity contribution in [2.45, 2.75) is 97.2 Å². The maximum Gasteiger partial charge on any atom is 0.511 e. The van der Waals surface area contributed by atoms with Gasteiger partial charge in [0, 0.05) is 6.42 Å². The van der Waals surface area contributed by atoms with Gasteiger partial charge in [0.1, 0.15) is 13.2 Å². The number of esters is 1. The van der Waals surface area contributed by atoms with Crippen LogP contribution in [-0.4, -0.2) is 80.1 Å². The molecule has 0 radical (unpaired) electrons. The summed E-state index contributed by atoms with van der Waals surface area (Å²) in [6, 6.07) is 0. The highest BCUT2D eigenvalue weighted by Crippen LogP contribution is 2.68. The molecule has 0 bridgehead atoms. The van der Waals surface area contributed by atoms with Crippen molar-refractivity contribution in [1.82, 2.24) is 0 Å². The highest BCUT2D eigenvalue weighted by molar-refractivity contribution is 5.69. The Morgan fingerprint density at radius 1 is 0.949 bits per heavy atom. The predicted octanol–water partition coefficient (Wildman–Crippen LogP) is 4.75. The zero-order chi connectivity index (χ0) is 28.6. The van der Waals surface area contributed by atoms with E-state index in [1.165, 1.54) is 12.8 Å². The molecule has 0 spiro atoms. The van der Waals surface area contributed by atoms with Crippen molar-refractivity contribution in [3.8, 4) is 0 Å². The molecule has 4 aliphatic rings. The topological polar surface area (TPSA) is 102 Å². The van der Waals surface area contributed by atoms with Crippen LogP contribution in [0.3, 0.4) is 0 Å². The summed E-state index contributed by atoms with van der Waals surface area (Å²) in [6.07, 6.45) is 8.09. The number of carbonyl (C=O) groups excluding carboxylic acids is 2. The van der Waals surface area contributed by atoms with Crippen LogP contribution in [0.5, 0.6) is 0 Å². The van der Waals surface area contributed by atoms with Crippen LogP contribution in [-0.2, 0) is 19.0 Å². The van der Waals surface area contributed by atoms with Gasteiger partial charge in [-0.1, -0.05) is 20.8 Å². The summed E-state index contributed by atoms with van der Waals surface area (Å²) in [7, 11) is 6.01. The Morgan fingerprint density at radius 3 is 2.41 bits per heavy atom. The molecular weight excluding hydrogens is 498 g/mol. The molecule has 0 unspecified atom stereocenters. The first-order valence-corrected chi connectivity index (χ1v) is 15.4. The molecule has 4 fully saturated rings. The summed E-state index contributed by atoms with van der Waals surface area (Å²) in [4.78, 5) is 24.1. The molecule has 0 heterocycles. The number of likely N-dealkylation sites (N-methyl/N-ethyl adjacent to an activating group) is 1. The molecule has 8 nitrogen and oxygen atoms in total. The minimum Gasteiger partial charge on any atom is -0.428 e. The Labute approximate surface area is 235 Å². The van der Waals surface area contributed by atoms with E-state index in [1.807, 2.05) is 21.1 Å². The van der Waals surface area contributed by atoms with Gasteiger partial charge in [0.25, 0.3) is 0 Å². The van der Waals surface area contributed by atoms with Crippen LogP contribution in [0.2, 0.25) is 0 Å². The number of carbonyl (C=O) groups is 2. The van der Waals surface area contributed by atoms with Crippen molar-refractivity contribution >= 4 is 12.1 Å². The molecule has 0 saturated heterocycles. The van der Waals surface area contributed by atoms with E-state index < -0.39 is 12.9 Å². The Bertz CT molecular complexity index is 873. The molecule has 4 rings (SSSR count). The molecule has 0 amide bonds. The fourth-order valence-electron chi connectivity index (χ4n) is 9.37. The Hall–Kier alpha value is -1.38. The standard InChI is InChI=1S/C31H54NO7/c1-20(7-12-28(35)38-19-39-29(36)37-16-15-32(4,5)6)24-10-11-25-23-9-8-21-17-22(33)13-14-30(21,2)26(23)18-27(34)31(24,25)3/h20-27,33-34H,7-19H2,1-6H3/q+1/t20-,21-,22-,23+,24-,25+,26+,27+,30+,31-/m1/s1. The van der Waals surface area contributed by atoms with Crippen molar-refractivity contribution in [2.24, 2.45) is 46.3 Å². The Morgan fingerprint density at radius 2 is 1.69 bits per heavy atom. The number of fused-ring (bicyclic) bond motifs is 5. The molecule has 2 N–H and O–H groups in total. The normalized spacial score (nSPS) is 40.6. The lowest BCUT2D eigenvalue weighted by Gasteiger charge is -2.62. The average molecular weight is 553 g/mol. The first kappa shape index (κ1) is 30.6. The summed E-state index contributed by atoms with van der Waals surface area (Å²) < 4.78 is 15.7. The molecule has 4 saturated carbocycles. The second-order valence-electron chi connectivity index (χ2n) is 14.8. The van der Waals surface area contributed by atoms with Gasteiger partial charge in [-0.3, -0.25) is 4.79 Å². The monoisotopic (exact) mass is 552 g/mol. The number of hydrogen-bond donors (Lipinski definition) is 2. The van der Waals surface area contributed by atoms with E-state index in [1.54, 1.807) is 0 Å². The number of nitrogens with zero attached hydrogens (tertiary/aromatic N) is 1. The van der Waals surface area contributed by atoms with Crippen LogP contribution in [0.15, 0.2) is 0 Å². The third kappa shape index (κ3) is 6.43. The summed E-state index contributed by atoms with van der Waals surface area (Å²) in [5.41, 5.74) is 0.110. The zero-order valence-electron chi connectivity index (χ0n) is 25.2. The van der Waals surface area contributed by atoms with Crippen molar-refractivity contribution in [3.05, 3.63) is 0 Å². The van der Waals surface area contributed by atoms with Crippen LogP contribution in [0.4, 0.5) is 4.79 Å². The molecule has 4 aliphatic carbocycles. The predicted molar refractivity (Wildman–Crippen MR) is 147 cm³/mol. The first-order valence-electron chi connectivity index (χ1n) is 15.4. The summed E-state index contributed by atoms with van der Waals surface area (Å²) in [6.45, 7) is 7.46. The fourth-order valence-corrected chi connectivity index (χ4v) is 9.37. The number of aliphatic hydroxyl groups is 2. The van der Waals surface area contributed by atoms with Crippen LogP contribution in [0.25, 0.3) is 0 Å². The lowest BCUT2D eigenvalue weighted by Crippen LogP contribution is -2.58. The van der Waals surface area contributed by atoms with Gasteiger partial charge in [0.05, 0.1) is 33.4 Å². The maximum absolute atomic E-state index is 12.4. The van der Waals surface area contributed by atoms with Gasteiger partial charge < -0.3 is 28.9 Å². The minimum absolute atomic E-state index is 0.125. The van der Waals surface area contributed by atoms with Crippen molar-refractivity contribution < 1.29 is 38.5 Å². The van der Waals surface area contributed by atoms with Crippen molar-refractivity contribution in [2.75, 3.05) is 41.1 Å². The van der Waals surface area contributed by atoms with Gasteiger partial charge in [-0.25, -0.2) is 4.79 Å². The molecule has 10 atom stereocenters. The SMILES string of the molecule is C[C@H](CCC(=O)OCOC(=O)OCC[N+](C)(C)C)[C@H]1CC[C@H]2[C@@H]3CC[C@@H]4C[C@H](O)CC[C@]4(C)[C@H]3C[C@H](O)[C@]12C. The Kier molecular flexibility index (Phi) is 9.29. The second kappa shape index (κ2) is 11.8. The molecule has 224 valence electrons. The Balaban J connectivity index is 1.26. The van der Waals surface area contributed by atoms with Gasteiger partial charge in [-0.05, 0) is 104 Å². The number of aliphatic hydroxyl groups excluding tert-OH is 2. The molecule has 0 aliphatic heterocycles. The number of quaternary nitrogens is 1. The van der Waals surface area contributed by atoms with Crippen LogP contribution in [0, 0.1) is 46.3 Å². The maximum atomic E-state index is 12.4. The molecule has 0 aromatic carbocycles. The molecular formula is C31H54NO7+. The number of ether oxygens (including phenoxy) is 3. The van der Waals surface area contributed by atoms with E-state index in [0.717, 1.165) is 38.5 Å². The first-order chi connectivity index (χ1) is 18.3. The fraction of sp³-hybridized carbons (Fsp3) is 0.935. The van der Waals surface area contributed by atoms with E-state index in [9.17, 15) is 19.8 Å². The van der Waals surface area contributed by atoms with Crippen LogP contribution in [0.1, 0.15) is 85.0 Å². The summed E-state index contributed by atoms with van der Waals surface area (Å²) >= 11 is 0. The third-order valence-corrected chi connectivity index (χ3v) is 11.7. The summed E-state index contributed by atoms with van der Waals surface area (Å²) in [5.74, 6) is 2.57. The van der Waals surface area contributed by atoms with Crippen LogP contribution >= 0.6 is 0 Å². The van der Waals surface area contributed by atoms with Gasteiger partial charge in [-0.15, -0.1) is 0 Å². The van der Waals surface area contributed by atoms with Gasteiger partial charge >= 0.3 is 12.1 Å². The smallest absolute Gasteiger partial charge is 0.428 e. The molecule has 39 heavy (non-hydrogen) atoms. The lowest BCUT2D eigenvalue weighted by atomic mass is 9.43. The van der Waals surface area contributed by atoms with Gasteiger partial charge in [0.2, 0.25) is 6.79 Å². The highest BCUT2D eigenvalue weighted by Gasteiger charge is 2.63. The van der Waals surface area contributed by atoms with Crippen LogP contribution < -0.4 is 0 Å². The van der Waals surface area contributed by atoms with E-state index in [0.29, 0.717) is 47.0 Å². The molecule has 0 aromatic rings. The third-order valence-electron chi connectivity index (χ3n) is 11.7. The minimum atomic E-state index is -0.827. The number of rotatable bonds is 9. The van der Waals surface area contributed by atoms with E-state index in [4.69, 9.17) is 14.2 Å². The van der Waals surface area contributed by atoms with E-state index in [2.05, 4.69) is 20.8 Å². The largest absolute Gasteiger partial charge is 0.511 e. The quantitative estimate of drug-likeness (QED) is 0.242. The van der Waals surface area contributed by atoms with Gasteiger partial charge in [-0.2, -0.15) is 0 Å². The highest BCUT2D eigenvalue weighted by atomic mass is 16.8. The zero-order valence-corrected chi connectivity index (χ0v) is 25.2. The average Bonchev–Trinajstić information content (AvgIpc) is 3.21. The van der Waals surface area contributed by atoms with Gasteiger partial charge in [0.15, 0.2) is 0 Å². The van der Waals surface area contributed by atoms with Crippen molar-refractivity contribution in [3.63, 3.8) is 0 Å². The summed E-state index contributed by atoms with van der Waals surface area (Å²) in [5, 5.41) is 22.0. The number of hydrogen-bond acceptors (Lipinski definition) is 7. The second-order valence-corrected chi connectivity index (χ2v) is 14.8. The van der Waals surface area contributed by atoms with E-state index in [-0.39, 0.29) is 48.0 Å². The molecule has 0 aromatic heterocycles. The lowest BCUT2D eigenvalue weighted by molar-refractivity contribution is -0.870.